The maximum Gasteiger partial charge on any atom is 0.144 e. The van der Waals surface area contributed by atoms with E-state index >= 15 is 0 Å². The van der Waals surface area contributed by atoms with Crippen LogP contribution in [0.4, 0.5) is 17.2 Å². The summed E-state index contributed by atoms with van der Waals surface area (Å²) in [6.45, 7) is 2.01. The molecule has 1 unspecified atom stereocenters. The molecule has 4 nitrogen and oxygen atoms in total. The third-order valence-electron chi connectivity index (χ3n) is 4.39. The van der Waals surface area contributed by atoms with Crippen molar-refractivity contribution in [2.24, 2.45) is 4.99 Å². The highest BCUT2D eigenvalue weighted by atomic mass is 16.3. The van der Waals surface area contributed by atoms with Crippen molar-refractivity contribution in [1.82, 2.24) is 4.98 Å². The molecule has 0 aliphatic carbocycles. The van der Waals surface area contributed by atoms with Crippen LogP contribution in [0.3, 0.4) is 0 Å². The van der Waals surface area contributed by atoms with Crippen molar-refractivity contribution in [3.05, 3.63) is 84.1 Å². The lowest BCUT2D eigenvalue weighted by Gasteiger charge is -2.34. The molecule has 1 N–H and O–H groups in total. The summed E-state index contributed by atoms with van der Waals surface area (Å²) in [4.78, 5) is 11.4. The lowest BCUT2D eigenvalue weighted by molar-refractivity contribution is 0.183. The van der Waals surface area contributed by atoms with Crippen LogP contribution >= 0.6 is 0 Å². The molecule has 0 radical (unpaired) electrons. The number of aryl methyl sites for hydroxylation is 1. The van der Waals surface area contributed by atoms with E-state index in [4.69, 9.17) is 4.99 Å². The topological polar surface area (TPSA) is 48.7 Å². The fourth-order valence-electron chi connectivity index (χ4n) is 3.23. The van der Waals surface area contributed by atoms with Gasteiger partial charge in [0.25, 0.3) is 0 Å². The van der Waals surface area contributed by atoms with Crippen LogP contribution in [0.25, 0.3) is 0 Å². The summed E-state index contributed by atoms with van der Waals surface area (Å²) in [6.07, 6.45) is 1.62. The number of amidine groups is 1. The molecule has 2 aromatic carbocycles. The molecule has 0 bridgehead atoms. The van der Waals surface area contributed by atoms with E-state index in [1.165, 1.54) is 0 Å². The number of hydrogen-bond donors (Lipinski definition) is 1. The van der Waals surface area contributed by atoms with E-state index < -0.39 is 6.10 Å². The van der Waals surface area contributed by atoms with Crippen LogP contribution in [-0.2, 0) is 0 Å². The molecule has 0 saturated heterocycles. The molecule has 1 aliphatic rings. The largest absolute Gasteiger partial charge is 0.388 e. The van der Waals surface area contributed by atoms with Gasteiger partial charge in [-0.05, 0) is 42.8 Å². The molecule has 4 heteroatoms. The highest BCUT2D eigenvalue weighted by molar-refractivity contribution is 6.07. The molecule has 4 rings (SSSR count). The minimum absolute atomic E-state index is 0.448. The van der Waals surface area contributed by atoms with Gasteiger partial charge < -0.3 is 5.11 Å². The van der Waals surface area contributed by atoms with E-state index in [2.05, 4.69) is 4.98 Å². The van der Waals surface area contributed by atoms with Crippen LogP contribution in [0.15, 0.2) is 77.9 Å². The zero-order valence-electron chi connectivity index (χ0n) is 14.0. The highest BCUT2D eigenvalue weighted by Crippen LogP contribution is 2.40. The lowest BCUT2D eigenvalue weighted by Crippen LogP contribution is -2.34. The number of para-hydroxylation sites is 2. The van der Waals surface area contributed by atoms with Crippen LogP contribution in [0.1, 0.15) is 23.7 Å². The number of nitrogens with zero attached hydrogens (tertiary/aromatic N) is 3. The minimum atomic E-state index is -0.605. The van der Waals surface area contributed by atoms with Gasteiger partial charge in [-0.15, -0.1) is 0 Å². The number of pyridine rings is 1. The molecule has 0 amide bonds. The SMILES string of the molecule is Cc1ccnc2c1C(O)CC(=Nc1ccccc1)N2c1ccccc1. The van der Waals surface area contributed by atoms with Gasteiger partial charge in [-0.2, -0.15) is 0 Å². The molecular weight excluding hydrogens is 310 g/mol. The summed E-state index contributed by atoms with van der Waals surface area (Å²) in [5.41, 5.74) is 3.76. The number of aliphatic imine (C=N–C) groups is 1. The van der Waals surface area contributed by atoms with E-state index in [9.17, 15) is 5.11 Å². The normalized spacial score (nSPS) is 18.2. The van der Waals surface area contributed by atoms with E-state index in [1.54, 1.807) is 6.20 Å². The number of fused-ring (bicyclic) bond motifs is 1. The van der Waals surface area contributed by atoms with Gasteiger partial charge in [0.2, 0.25) is 0 Å². The van der Waals surface area contributed by atoms with Crippen LogP contribution < -0.4 is 4.90 Å². The van der Waals surface area contributed by atoms with Gasteiger partial charge in [0.1, 0.15) is 11.7 Å². The lowest BCUT2D eigenvalue weighted by atomic mass is 9.96. The van der Waals surface area contributed by atoms with Gasteiger partial charge in [-0.3, -0.25) is 4.90 Å². The van der Waals surface area contributed by atoms with Crippen molar-refractivity contribution in [1.29, 1.82) is 0 Å². The van der Waals surface area contributed by atoms with E-state index in [1.807, 2.05) is 78.6 Å². The first-order valence-electron chi connectivity index (χ1n) is 8.35. The van der Waals surface area contributed by atoms with Crippen molar-refractivity contribution < 1.29 is 5.11 Å². The number of hydrogen-bond acceptors (Lipinski definition) is 3. The molecule has 0 spiro atoms. The highest BCUT2D eigenvalue weighted by Gasteiger charge is 2.32. The van der Waals surface area contributed by atoms with Crippen LogP contribution in [0.5, 0.6) is 0 Å². The third kappa shape index (κ3) is 2.92. The summed E-state index contributed by atoms with van der Waals surface area (Å²) in [5.74, 6) is 1.54. The maximum atomic E-state index is 10.7. The van der Waals surface area contributed by atoms with Crippen LogP contribution in [-0.4, -0.2) is 15.9 Å². The first-order valence-corrected chi connectivity index (χ1v) is 8.35. The Balaban J connectivity index is 1.91. The smallest absolute Gasteiger partial charge is 0.144 e. The summed E-state index contributed by atoms with van der Waals surface area (Å²) < 4.78 is 0. The number of aromatic nitrogens is 1. The Morgan fingerprint density at radius 1 is 1.00 bits per heavy atom. The molecule has 124 valence electrons. The molecular formula is C21H19N3O. The number of aliphatic hydroxyl groups is 1. The zero-order valence-corrected chi connectivity index (χ0v) is 14.0. The third-order valence-corrected chi connectivity index (χ3v) is 4.39. The monoisotopic (exact) mass is 329 g/mol. The molecule has 1 atom stereocenters. The Labute approximate surface area is 147 Å². The number of anilines is 2. The molecule has 0 saturated carbocycles. The van der Waals surface area contributed by atoms with Gasteiger partial charge in [0.15, 0.2) is 0 Å². The van der Waals surface area contributed by atoms with Crippen LogP contribution in [0, 0.1) is 6.92 Å². The number of benzene rings is 2. The fourth-order valence-corrected chi connectivity index (χ4v) is 3.23. The predicted octanol–water partition coefficient (Wildman–Crippen LogP) is 4.70. The van der Waals surface area contributed by atoms with E-state index in [-0.39, 0.29) is 0 Å². The van der Waals surface area contributed by atoms with Gasteiger partial charge in [-0.25, -0.2) is 9.98 Å². The van der Waals surface area contributed by atoms with Crippen molar-refractivity contribution in [2.75, 3.05) is 4.90 Å². The second kappa shape index (κ2) is 6.49. The summed E-state index contributed by atoms with van der Waals surface area (Å²) in [7, 11) is 0. The minimum Gasteiger partial charge on any atom is -0.388 e. The van der Waals surface area contributed by atoms with Crippen molar-refractivity contribution in [3.8, 4) is 0 Å². The van der Waals surface area contributed by atoms with Crippen molar-refractivity contribution in [3.63, 3.8) is 0 Å². The maximum absolute atomic E-state index is 10.7. The number of aliphatic hydroxyl groups excluding tert-OH is 1. The first-order chi connectivity index (χ1) is 12.2. The molecule has 0 fully saturated rings. The van der Waals surface area contributed by atoms with Crippen molar-refractivity contribution >= 4 is 23.0 Å². The number of rotatable bonds is 2. The molecule has 2 heterocycles. The Hall–Kier alpha value is -2.98. The second-order valence-corrected chi connectivity index (χ2v) is 6.12. The summed E-state index contributed by atoms with van der Waals surface area (Å²) in [5, 5.41) is 10.7. The van der Waals surface area contributed by atoms with Gasteiger partial charge in [-0.1, -0.05) is 36.4 Å². The van der Waals surface area contributed by atoms with Gasteiger partial charge in [0, 0.05) is 23.9 Å². The fraction of sp³-hybridized carbons (Fsp3) is 0.143. The quantitative estimate of drug-likeness (QED) is 0.741. The standard InChI is InChI=1S/C21H19N3O/c1-15-12-13-22-21-20(15)18(25)14-19(23-16-8-4-2-5-9-16)24(21)17-10-6-3-7-11-17/h2-13,18,25H,14H2,1H3. The first kappa shape index (κ1) is 15.5. The predicted molar refractivity (Wildman–Crippen MR) is 101 cm³/mol. The van der Waals surface area contributed by atoms with Crippen LogP contribution in [0.2, 0.25) is 0 Å². The summed E-state index contributed by atoms with van der Waals surface area (Å²) in [6, 6.07) is 21.8. The van der Waals surface area contributed by atoms with E-state index in [0.717, 1.165) is 34.2 Å². The van der Waals surface area contributed by atoms with Crippen molar-refractivity contribution in [2.45, 2.75) is 19.4 Å². The summed E-state index contributed by atoms with van der Waals surface area (Å²) >= 11 is 0. The average molecular weight is 329 g/mol. The zero-order chi connectivity index (χ0) is 17.2. The molecule has 25 heavy (non-hydrogen) atoms. The Kier molecular flexibility index (Phi) is 4.04. The van der Waals surface area contributed by atoms with Gasteiger partial charge in [0.05, 0.1) is 11.8 Å². The molecule has 1 aliphatic heterocycles. The van der Waals surface area contributed by atoms with E-state index in [0.29, 0.717) is 6.42 Å². The average Bonchev–Trinajstić information content (AvgIpc) is 2.63. The Morgan fingerprint density at radius 2 is 1.68 bits per heavy atom. The second-order valence-electron chi connectivity index (χ2n) is 6.12. The Bertz CT molecular complexity index is 907. The molecule has 3 aromatic rings. The van der Waals surface area contributed by atoms with Gasteiger partial charge >= 0.3 is 0 Å². The Morgan fingerprint density at radius 3 is 2.40 bits per heavy atom. The molecule has 1 aromatic heterocycles.